The van der Waals surface area contributed by atoms with Gasteiger partial charge in [-0.25, -0.2) is 0 Å². The van der Waals surface area contributed by atoms with Crippen LogP contribution in [0.2, 0.25) is 0 Å². The Balaban J connectivity index is 1.76. The number of hydrogen-bond donors (Lipinski definition) is 6. The lowest BCUT2D eigenvalue weighted by atomic mass is 9.99. The monoisotopic (exact) mass is 390 g/mol. The third-order valence-corrected chi connectivity index (χ3v) is 4.38. The predicted molar refractivity (Wildman–Crippen MR) is 99.5 cm³/mol. The number of aliphatic hydroxyl groups is 4. The van der Waals surface area contributed by atoms with Crippen molar-refractivity contribution in [2.45, 2.75) is 30.7 Å². The van der Waals surface area contributed by atoms with Crippen LogP contribution in [-0.2, 0) is 4.74 Å². The van der Waals surface area contributed by atoms with Crippen molar-refractivity contribution in [1.29, 1.82) is 0 Å². The van der Waals surface area contributed by atoms with Crippen molar-refractivity contribution >= 4 is 12.2 Å². The van der Waals surface area contributed by atoms with Gasteiger partial charge in [0.1, 0.15) is 41.7 Å². The Morgan fingerprint density at radius 3 is 2.18 bits per heavy atom. The molecular formula is C20H22O8. The molecule has 0 bridgehead atoms. The standard InChI is InChI=1S/C20H22O8/c21-10-16-17(24)18(25)19(26)20(28-16)27-15-8-12(7-14(23)9-15)2-1-11-3-5-13(22)6-4-11/h1-9,16-26H,10H2/b2-1+/t16-,17-,18+,19+,20+/m1/s1. The Morgan fingerprint density at radius 1 is 0.821 bits per heavy atom. The van der Waals surface area contributed by atoms with E-state index in [0.717, 1.165) is 5.56 Å². The van der Waals surface area contributed by atoms with E-state index in [1.807, 2.05) is 0 Å². The minimum Gasteiger partial charge on any atom is -0.508 e. The average molecular weight is 390 g/mol. The lowest BCUT2D eigenvalue weighted by Crippen LogP contribution is -2.60. The van der Waals surface area contributed by atoms with Crippen molar-refractivity contribution in [3.05, 3.63) is 53.6 Å². The van der Waals surface area contributed by atoms with Gasteiger partial charge in [-0.2, -0.15) is 0 Å². The van der Waals surface area contributed by atoms with Gasteiger partial charge in [-0.15, -0.1) is 0 Å². The third-order valence-electron chi connectivity index (χ3n) is 4.38. The number of phenolic OH excluding ortho intramolecular Hbond substituents is 2. The van der Waals surface area contributed by atoms with E-state index in [4.69, 9.17) is 9.47 Å². The van der Waals surface area contributed by atoms with Crippen LogP contribution in [-0.4, -0.2) is 68.0 Å². The molecule has 6 N–H and O–H groups in total. The van der Waals surface area contributed by atoms with Crippen molar-refractivity contribution in [3.8, 4) is 17.2 Å². The van der Waals surface area contributed by atoms with Gasteiger partial charge in [0.2, 0.25) is 6.29 Å². The highest BCUT2D eigenvalue weighted by Gasteiger charge is 2.44. The van der Waals surface area contributed by atoms with E-state index in [1.165, 1.54) is 12.1 Å². The van der Waals surface area contributed by atoms with Crippen LogP contribution >= 0.6 is 0 Å². The molecule has 2 aromatic carbocycles. The smallest absolute Gasteiger partial charge is 0.229 e. The van der Waals surface area contributed by atoms with Crippen LogP contribution in [0.4, 0.5) is 0 Å². The maximum atomic E-state index is 10.1. The maximum absolute atomic E-state index is 10.1. The normalized spacial score (nSPS) is 27.8. The van der Waals surface area contributed by atoms with E-state index >= 15 is 0 Å². The van der Waals surface area contributed by atoms with Gasteiger partial charge in [0.25, 0.3) is 0 Å². The molecule has 0 aromatic heterocycles. The fourth-order valence-corrected chi connectivity index (χ4v) is 2.85. The maximum Gasteiger partial charge on any atom is 0.229 e. The summed E-state index contributed by atoms with van der Waals surface area (Å²) in [4.78, 5) is 0. The minimum atomic E-state index is -1.55. The predicted octanol–water partition coefficient (Wildman–Crippen LogP) is 0.447. The van der Waals surface area contributed by atoms with Gasteiger partial charge in [0.05, 0.1) is 6.61 Å². The van der Waals surface area contributed by atoms with E-state index in [9.17, 15) is 30.6 Å². The van der Waals surface area contributed by atoms with Crippen LogP contribution in [0.5, 0.6) is 17.2 Å². The highest BCUT2D eigenvalue weighted by atomic mass is 16.7. The Morgan fingerprint density at radius 2 is 1.50 bits per heavy atom. The third kappa shape index (κ3) is 4.61. The van der Waals surface area contributed by atoms with Crippen LogP contribution in [0, 0.1) is 0 Å². The second kappa shape index (κ2) is 8.59. The first kappa shape index (κ1) is 20.1. The lowest BCUT2D eigenvalue weighted by Gasteiger charge is -2.39. The van der Waals surface area contributed by atoms with E-state index in [-0.39, 0.29) is 17.2 Å². The van der Waals surface area contributed by atoms with Crippen LogP contribution in [0.25, 0.3) is 12.2 Å². The molecule has 1 saturated heterocycles. The number of ether oxygens (including phenoxy) is 2. The van der Waals surface area contributed by atoms with Crippen LogP contribution in [0.1, 0.15) is 11.1 Å². The lowest BCUT2D eigenvalue weighted by molar-refractivity contribution is -0.277. The van der Waals surface area contributed by atoms with Gasteiger partial charge >= 0.3 is 0 Å². The van der Waals surface area contributed by atoms with E-state index in [2.05, 4.69) is 0 Å². The number of hydrogen-bond acceptors (Lipinski definition) is 8. The molecule has 3 rings (SSSR count). The zero-order chi connectivity index (χ0) is 20.3. The molecule has 0 radical (unpaired) electrons. The zero-order valence-corrected chi connectivity index (χ0v) is 14.8. The summed E-state index contributed by atoms with van der Waals surface area (Å²) < 4.78 is 10.8. The molecular weight excluding hydrogens is 368 g/mol. The van der Waals surface area contributed by atoms with Crippen molar-refractivity contribution < 1.29 is 40.1 Å². The fourth-order valence-electron chi connectivity index (χ4n) is 2.85. The van der Waals surface area contributed by atoms with Gasteiger partial charge in [0.15, 0.2) is 0 Å². The molecule has 0 amide bonds. The summed E-state index contributed by atoms with van der Waals surface area (Å²) in [6.45, 7) is -0.564. The fraction of sp³-hybridized carbons (Fsp3) is 0.300. The molecule has 0 saturated carbocycles. The molecule has 1 aliphatic rings. The topological polar surface area (TPSA) is 140 Å². The summed E-state index contributed by atoms with van der Waals surface area (Å²) in [6.07, 6.45) is -3.52. The van der Waals surface area contributed by atoms with Crippen molar-refractivity contribution in [3.63, 3.8) is 0 Å². The Labute approximate surface area is 161 Å². The summed E-state index contributed by atoms with van der Waals surface area (Å²) in [5, 5.41) is 58.2. The molecule has 1 aliphatic heterocycles. The van der Waals surface area contributed by atoms with Crippen LogP contribution in [0.15, 0.2) is 42.5 Å². The Hall–Kier alpha value is -2.62. The largest absolute Gasteiger partial charge is 0.508 e. The van der Waals surface area contributed by atoms with Crippen LogP contribution in [0.3, 0.4) is 0 Å². The number of phenols is 2. The SMILES string of the molecule is OC[C@H]1O[C@H](Oc2cc(O)cc(/C=C/c3ccc(O)cc3)c2)[C@@H](O)[C@@H](O)[C@@H]1O. The van der Waals surface area contributed by atoms with E-state index in [1.54, 1.807) is 42.5 Å². The quantitative estimate of drug-likeness (QED) is 0.405. The first-order valence-corrected chi connectivity index (χ1v) is 8.65. The summed E-state index contributed by atoms with van der Waals surface area (Å²) >= 11 is 0. The number of benzene rings is 2. The Bertz CT molecular complexity index is 817. The second-order valence-corrected chi connectivity index (χ2v) is 6.50. The molecule has 2 aromatic rings. The molecule has 150 valence electrons. The van der Waals surface area contributed by atoms with E-state index in [0.29, 0.717) is 5.56 Å². The van der Waals surface area contributed by atoms with Gasteiger partial charge in [0, 0.05) is 6.07 Å². The highest BCUT2D eigenvalue weighted by molar-refractivity contribution is 5.71. The summed E-state index contributed by atoms with van der Waals surface area (Å²) in [5.74, 6) is 0.229. The molecule has 1 heterocycles. The minimum absolute atomic E-state index is 0.0903. The van der Waals surface area contributed by atoms with E-state index < -0.39 is 37.3 Å². The molecule has 5 atom stereocenters. The number of aliphatic hydroxyl groups excluding tert-OH is 4. The zero-order valence-electron chi connectivity index (χ0n) is 14.8. The molecule has 1 fully saturated rings. The molecule has 8 nitrogen and oxygen atoms in total. The van der Waals surface area contributed by atoms with Crippen molar-refractivity contribution in [2.24, 2.45) is 0 Å². The molecule has 0 unspecified atom stereocenters. The Kier molecular flexibility index (Phi) is 6.18. The first-order valence-electron chi connectivity index (χ1n) is 8.65. The summed E-state index contributed by atoms with van der Waals surface area (Å²) in [5.41, 5.74) is 1.42. The van der Waals surface area contributed by atoms with Gasteiger partial charge < -0.3 is 40.1 Å². The summed E-state index contributed by atoms with van der Waals surface area (Å²) in [6, 6.07) is 10.9. The molecule has 0 spiro atoms. The highest BCUT2D eigenvalue weighted by Crippen LogP contribution is 2.28. The van der Waals surface area contributed by atoms with Gasteiger partial charge in [-0.3, -0.25) is 0 Å². The summed E-state index contributed by atoms with van der Waals surface area (Å²) in [7, 11) is 0. The van der Waals surface area contributed by atoms with Crippen molar-refractivity contribution in [1.82, 2.24) is 0 Å². The first-order chi connectivity index (χ1) is 13.4. The average Bonchev–Trinajstić information content (AvgIpc) is 2.67. The molecule has 0 aliphatic carbocycles. The second-order valence-electron chi connectivity index (χ2n) is 6.50. The van der Waals surface area contributed by atoms with Gasteiger partial charge in [-0.1, -0.05) is 24.3 Å². The number of rotatable bonds is 5. The van der Waals surface area contributed by atoms with Gasteiger partial charge in [-0.05, 0) is 35.4 Å². The van der Waals surface area contributed by atoms with Crippen LogP contribution < -0.4 is 4.74 Å². The molecule has 8 heteroatoms. The number of aromatic hydroxyl groups is 2. The molecule has 28 heavy (non-hydrogen) atoms. The van der Waals surface area contributed by atoms with Crippen molar-refractivity contribution in [2.75, 3.05) is 6.61 Å².